The molecule has 1 saturated heterocycles. The first-order valence-electron chi connectivity index (χ1n) is 7.32. The van der Waals surface area contributed by atoms with Crippen molar-refractivity contribution in [1.29, 1.82) is 0 Å². The first kappa shape index (κ1) is 16.8. The molecule has 1 aliphatic rings. The fourth-order valence-corrected chi connectivity index (χ4v) is 2.23. The monoisotopic (exact) mass is 311 g/mol. The predicted molar refractivity (Wildman–Crippen MR) is 79.2 cm³/mol. The summed E-state index contributed by atoms with van der Waals surface area (Å²) in [6, 6.07) is 1.18. The highest BCUT2D eigenvalue weighted by molar-refractivity contribution is 5.94. The third kappa shape index (κ3) is 4.72. The van der Waals surface area contributed by atoms with Crippen LogP contribution in [0.1, 0.15) is 16.8 Å². The van der Waals surface area contributed by atoms with Gasteiger partial charge in [-0.05, 0) is 26.6 Å². The van der Waals surface area contributed by atoms with E-state index in [1.807, 2.05) is 19.0 Å². The first-order valence-corrected chi connectivity index (χ1v) is 7.32. The fourth-order valence-electron chi connectivity index (χ4n) is 2.23. The fraction of sp³-hybridized carbons (Fsp3) is 0.600. The summed E-state index contributed by atoms with van der Waals surface area (Å²) in [5, 5.41) is 2.84. The Morgan fingerprint density at radius 3 is 3.14 bits per heavy atom. The van der Waals surface area contributed by atoms with Crippen molar-refractivity contribution in [2.75, 3.05) is 40.5 Å². The van der Waals surface area contributed by atoms with Gasteiger partial charge in [-0.3, -0.25) is 9.78 Å². The quantitative estimate of drug-likeness (QED) is 0.837. The Morgan fingerprint density at radius 1 is 1.59 bits per heavy atom. The molecule has 1 fully saturated rings. The molecular weight excluding hydrogens is 289 g/mol. The number of carbonyl (C=O) groups is 1. The Hall–Kier alpha value is -1.57. The average molecular weight is 311 g/mol. The molecule has 1 aliphatic heterocycles. The van der Waals surface area contributed by atoms with Crippen molar-refractivity contribution >= 4 is 5.91 Å². The van der Waals surface area contributed by atoms with Gasteiger partial charge < -0.3 is 19.7 Å². The number of hydrogen-bond acceptors (Lipinski definition) is 5. The van der Waals surface area contributed by atoms with Crippen molar-refractivity contribution in [3.8, 4) is 0 Å². The molecule has 2 atom stereocenters. The highest BCUT2D eigenvalue weighted by Crippen LogP contribution is 2.13. The highest BCUT2D eigenvalue weighted by atomic mass is 19.1. The van der Waals surface area contributed by atoms with Crippen molar-refractivity contribution in [2.45, 2.75) is 18.6 Å². The van der Waals surface area contributed by atoms with E-state index in [0.29, 0.717) is 26.2 Å². The van der Waals surface area contributed by atoms with Gasteiger partial charge in [0.15, 0.2) is 5.82 Å². The average Bonchev–Trinajstić information content (AvgIpc) is 2.49. The summed E-state index contributed by atoms with van der Waals surface area (Å²) in [5.74, 6) is -1.08. The molecule has 1 N–H and O–H groups in total. The van der Waals surface area contributed by atoms with Crippen molar-refractivity contribution in [3.63, 3.8) is 0 Å². The van der Waals surface area contributed by atoms with Crippen LogP contribution in [0, 0.1) is 5.82 Å². The van der Waals surface area contributed by atoms with E-state index in [1.54, 1.807) is 0 Å². The number of hydrogen-bond donors (Lipinski definition) is 1. The summed E-state index contributed by atoms with van der Waals surface area (Å²) in [5.41, 5.74) is -0.00599. The predicted octanol–water partition coefficient (Wildman–Crippen LogP) is 0.686. The number of halogens is 1. The summed E-state index contributed by atoms with van der Waals surface area (Å²) in [6.07, 6.45) is 2.85. The van der Waals surface area contributed by atoms with Crippen LogP contribution in [0.5, 0.6) is 0 Å². The maximum Gasteiger partial charge on any atom is 0.254 e. The molecule has 0 radical (unpaired) electrons. The number of nitrogens with one attached hydrogen (secondary N) is 1. The lowest BCUT2D eigenvalue weighted by Gasteiger charge is -2.32. The summed E-state index contributed by atoms with van der Waals surface area (Å²) in [4.78, 5) is 17.8. The third-order valence-corrected chi connectivity index (χ3v) is 3.51. The molecule has 2 rings (SSSR count). The van der Waals surface area contributed by atoms with Gasteiger partial charge in [-0.25, -0.2) is 4.39 Å². The molecule has 22 heavy (non-hydrogen) atoms. The molecule has 1 amide bonds. The third-order valence-electron chi connectivity index (χ3n) is 3.51. The molecule has 7 heteroatoms. The van der Waals surface area contributed by atoms with Crippen molar-refractivity contribution in [3.05, 3.63) is 29.8 Å². The molecule has 6 nitrogen and oxygen atoms in total. The Balaban J connectivity index is 1.93. The number of aromatic nitrogens is 1. The summed E-state index contributed by atoms with van der Waals surface area (Å²) in [7, 11) is 3.93. The van der Waals surface area contributed by atoms with Crippen LogP contribution in [0.4, 0.5) is 4.39 Å². The van der Waals surface area contributed by atoms with Gasteiger partial charge in [0.1, 0.15) is 6.10 Å². The van der Waals surface area contributed by atoms with E-state index in [2.05, 4.69) is 10.3 Å². The minimum absolute atomic E-state index is 0.00599. The van der Waals surface area contributed by atoms with Crippen LogP contribution in [-0.4, -0.2) is 68.4 Å². The van der Waals surface area contributed by atoms with E-state index in [-0.39, 0.29) is 17.7 Å². The van der Waals surface area contributed by atoms with Crippen LogP contribution in [0.3, 0.4) is 0 Å². The molecule has 0 spiro atoms. The normalized spacial score (nSPS) is 21.8. The van der Waals surface area contributed by atoms with Gasteiger partial charge in [-0.1, -0.05) is 0 Å². The summed E-state index contributed by atoms with van der Waals surface area (Å²) >= 11 is 0. The summed E-state index contributed by atoms with van der Waals surface area (Å²) < 4.78 is 24.8. The lowest BCUT2D eigenvalue weighted by atomic mass is 10.1. The smallest absolute Gasteiger partial charge is 0.254 e. The number of rotatable bonds is 6. The van der Waals surface area contributed by atoms with Gasteiger partial charge in [-0.2, -0.15) is 0 Å². The maximum atomic E-state index is 13.6. The Bertz CT molecular complexity index is 499. The molecule has 1 aromatic rings. The standard InChI is InChI=1S/C15H22FN3O3/c1-19(2)6-8-22-14-10-21-7-4-13(14)18-15(20)11-3-5-17-9-12(11)16/h3,5,9,13-14H,4,6-8,10H2,1-2H3,(H,18,20)/t13-,14-/m1/s1. The molecule has 0 saturated carbocycles. The van der Waals surface area contributed by atoms with E-state index in [0.717, 1.165) is 12.7 Å². The van der Waals surface area contributed by atoms with E-state index in [1.165, 1.54) is 12.3 Å². The second kappa shape index (κ2) is 8.17. The van der Waals surface area contributed by atoms with Crippen LogP contribution < -0.4 is 5.32 Å². The lowest BCUT2D eigenvalue weighted by molar-refractivity contribution is -0.0691. The van der Waals surface area contributed by atoms with E-state index >= 15 is 0 Å². The minimum atomic E-state index is -0.628. The molecule has 0 unspecified atom stereocenters. The molecule has 0 aliphatic carbocycles. The number of pyridine rings is 1. The van der Waals surface area contributed by atoms with E-state index in [4.69, 9.17) is 9.47 Å². The topological polar surface area (TPSA) is 63.7 Å². The van der Waals surface area contributed by atoms with Gasteiger partial charge >= 0.3 is 0 Å². The number of amides is 1. The van der Waals surface area contributed by atoms with Crippen LogP contribution in [0.25, 0.3) is 0 Å². The van der Waals surface area contributed by atoms with E-state index in [9.17, 15) is 9.18 Å². The zero-order valence-corrected chi connectivity index (χ0v) is 12.9. The van der Waals surface area contributed by atoms with Crippen LogP contribution in [-0.2, 0) is 9.47 Å². The minimum Gasteiger partial charge on any atom is -0.379 e. The largest absolute Gasteiger partial charge is 0.379 e. The molecule has 2 heterocycles. The molecular formula is C15H22FN3O3. The second-order valence-electron chi connectivity index (χ2n) is 5.51. The zero-order chi connectivity index (χ0) is 15.9. The van der Waals surface area contributed by atoms with Crippen LogP contribution >= 0.6 is 0 Å². The number of likely N-dealkylation sites (N-methyl/N-ethyl adjacent to an activating group) is 1. The lowest BCUT2D eigenvalue weighted by Crippen LogP contribution is -2.50. The number of carbonyl (C=O) groups excluding carboxylic acids is 1. The first-order chi connectivity index (χ1) is 10.6. The van der Waals surface area contributed by atoms with Crippen molar-refractivity contribution in [1.82, 2.24) is 15.2 Å². The van der Waals surface area contributed by atoms with Crippen LogP contribution in [0.2, 0.25) is 0 Å². The second-order valence-corrected chi connectivity index (χ2v) is 5.51. The SMILES string of the molecule is CN(C)CCO[C@@H]1COCC[C@H]1NC(=O)c1ccncc1F. The highest BCUT2D eigenvalue weighted by Gasteiger charge is 2.28. The zero-order valence-electron chi connectivity index (χ0n) is 12.9. The maximum absolute atomic E-state index is 13.6. The van der Waals surface area contributed by atoms with E-state index < -0.39 is 11.7 Å². The van der Waals surface area contributed by atoms with Crippen molar-refractivity contribution in [2.24, 2.45) is 0 Å². The number of nitrogens with zero attached hydrogens (tertiary/aromatic N) is 2. The van der Waals surface area contributed by atoms with Gasteiger partial charge in [0.05, 0.1) is 31.0 Å². The Morgan fingerprint density at radius 2 is 2.41 bits per heavy atom. The van der Waals surface area contributed by atoms with Crippen molar-refractivity contribution < 1.29 is 18.7 Å². The summed E-state index contributed by atoms with van der Waals surface area (Å²) in [6.45, 7) is 2.32. The van der Waals surface area contributed by atoms with Gasteiger partial charge in [0.25, 0.3) is 5.91 Å². The van der Waals surface area contributed by atoms with Gasteiger partial charge in [0, 0.05) is 19.3 Å². The molecule has 1 aromatic heterocycles. The number of ether oxygens (including phenoxy) is 2. The van der Waals surface area contributed by atoms with Gasteiger partial charge in [-0.15, -0.1) is 0 Å². The molecule has 0 bridgehead atoms. The van der Waals surface area contributed by atoms with Crippen LogP contribution in [0.15, 0.2) is 18.5 Å². The molecule has 122 valence electrons. The Kier molecular flexibility index (Phi) is 6.23. The Labute approximate surface area is 129 Å². The van der Waals surface area contributed by atoms with Gasteiger partial charge in [0.2, 0.25) is 0 Å². The molecule has 0 aromatic carbocycles.